The van der Waals surface area contributed by atoms with E-state index in [0.717, 1.165) is 6.42 Å². The zero-order valence-corrected chi connectivity index (χ0v) is 11.7. The molecule has 106 valence electrons. The van der Waals surface area contributed by atoms with Gasteiger partial charge in [0.2, 0.25) is 5.91 Å². The number of nitrogens with one attached hydrogen (secondary N) is 1. The molecule has 1 saturated heterocycles. The highest BCUT2D eigenvalue weighted by molar-refractivity contribution is 5.76. The Labute approximate surface area is 109 Å². The Bertz CT molecular complexity index is 257. The summed E-state index contributed by atoms with van der Waals surface area (Å²) in [6.45, 7) is 8.66. The van der Waals surface area contributed by atoms with Crippen LogP contribution in [-0.2, 0) is 14.3 Å². The third kappa shape index (κ3) is 6.93. The Morgan fingerprint density at radius 1 is 1.44 bits per heavy atom. The highest BCUT2D eigenvalue weighted by Gasteiger charge is 2.19. The smallest absolute Gasteiger partial charge is 0.221 e. The van der Waals surface area contributed by atoms with E-state index in [0.29, 0.717) is 32.8 Å². The minimum atomic E-state index is -0.0893. The zero-order chi connectivity index (χ0) is 13.6. The molecule has 3 N–H and O–H groups in total. The molecule has 1 aliphatic rings. The minimum Gasteiger partial charge on any atom is -0.376 e. The summed E-state index contributed by atoms with van der Waals surface area (Å²) in [5.74, 6) is -0.0130. The maximum Gasteiger partial charge on any atom is 0.221 e. The van der Waals surface area contributed by atoms with Crippen molar-refractivity contribution >= 4 is 5.91 Å². The largest absolute Gasteiger partial charge is 0.376 e. The minimum absolute atomic E-state index is 0.0130. The van der Waals surface area contributed by atoms with Crippen molar-refractivity contribution in [3.63, 3.8) is 0 Å². The van der Waals surface area contributed by atoms with Gasteiger partial charge in [-0.25, -0.2) is 0 Å². The lowest BCUT2D eigenvalue weighted by atomic mass is 9.87. The summed E-state index contributed by atoms with van der Waals surface area (Å²) >= 11 is 0. The number of nitrogens with two attached hydrogens (primary N) is 1. The summed E-state index contributed by atoms with van der Waals surface area (Å²) in [6.07, 6.45) is 1.18. The number of hydrogen-bond acceptors (Lipinski definition) is 4. The molecule has 0 saturated carbocycles. The van der Waals surface area contributed by atoms with Crippen molar-refractivity contribution in [1.82, 2.24) is 5.32 Å². The number of carbonyl (C=O) groups excluding carboxylic acids is 1. The van der Waals surface area contributed by atoms with Crippen molar-refractivity contribution in [1.29, 1.82) is 0 Å². The maximum absolute atomic E-state index is 11.7. The van der Waals surface area contributed by atoms with Crippen molar-refractivity contribution < 1.29 is 14.3 Å². The van der Waals surface area contributed by atoms with Crippen LogP contribution in [0, 0.1) is 5.41 Å². The van der Waals surface area contributed by atoms with Crippen LogP contribution in [0.5, 0.6) is 0 Å². The monoisotopic (exact) mass is 258 g/mol. The molecule has 1 aliphatic heterocycles. The van der Waals surface area contributed by atoms with E-state index >= 15 is 0 Å². The number of rotatable bonds is 5. The first-order chi connectivity index (χ1) is 8.37. The predicted octanol–water partition coefficient (Wildman–Crippen LogP) is 0.672. The second kappa shape index (κ2) is 7.07. The molecule has 0 radical (unpaired) electrons. The van der Waals surface area contributed by atoms with Gasteiger partial charge in [0.25, 0.3) is 0 Å². The Morgan fingerprint density at radius 2 is 2.17 bits per heavy atom. The van der Waals surface area contributed by atoms with Crippen LogP contribution in [0.1, 0.15) is 33.6 Å². The molecule has 18 heavy (non-hydrogen) atoms. The van der Waals surface area contributed by atoms with E-state index in [1.165, 1.54) is 0 Å². The van der Waals surface area contributed by atoms with Gasteiger partial charge in [0.05, 0.1) is 25.9 Å². The second-order valence-electron chi connectivity index (χ2n) is 6.10. The SMILES string of the molecule is CC(C)(C)CC(N)CC(=O)NCC1COCCO1. The summed E-state index contributed by atoms with van der Waals surface area (Å²) in [5.41, 5.74) is 6.11. The molecule has 1 fully saturated rings. The molecule has 0 aromatic carbocycles. The van der Waals surface area contributed by atoms with Gasteiger partial charge in [0.15, 0.2) is 0 Å². The number of hydrogen-bond donors (Lipinski definition) is 2. The van der Waals surface area contributed by atoms with Gasteiger partial charge in [-0.3, -0.25) is 4.79 Å². The fraction of sp³-hybridized carbons (Fsp3) is 0.923. The molecule has 0 spiro atoms. The molecule has 1 heterocycles. The summed E-state index contributed by atoms with van der Waals surface area (Å²) in [4.78, 5) is 11.7. The third-order valence-corrected chi connectivity index (χ3v) is 2.73. The second-order valence-corrected chi connectivity index (χ2v) is 6.10. The average Bonchev–Trinajstić information content (AvgIpc) is 2.25. The molecule has 0 bridgehead atoms. The standard InChI is InChI=1S/C13H26N2O3/c1-13(2,3)7-10(14)6-12(16)15-8-11-9-17-4-5-18-11/h10-11H,4-9,14H2,1-3H3,(H,15,16). The topological polar surface area (TPSA) is 73.6 Å². The zero-order valence-electron chi connectivity index (χ0n) is 11.7. The average molecular weight is 258 g/mol. The highest BCUT2D eigenvalue weighted by Crippen LogP contribution is 2.20. The van der Waals surface area contributed by atoms with E-state index < -0.39 is 0 Å². The first-order valence-electron chi connectivity index (χ1n) is 6.58. The Hall–Kier alpha value is -0.650. The van der Waals surface area contributed by atoms with Crippen LogP contribution in [0.15, 0.2) is 0 Å². The van der Waals surface area contributed by atoms with Crippen molar-refractivity contribution in [2.45, 2.75) is 45.8 Å². The summed E-state index contributed by atoms with van der Waals surface area (Å²) in [5, 5.41) is 2.85. The van der Waals surface area contributed by atoms with Gasteiger partial charge < -0.3 is 20.5 Å². The van der Waals surface area contributed by atoms with Crippen LogP contribution in [-0.4, -0.2) is 44.4 Å². The van der Waals surface area contributed by atoms with E-state index in [-0.39, 0.29) is 23.5 Å². The van der Waals surface area contributed by atoms with Crippen molar-refractivity contribution in [3.05, 3.63) is 0 Å². The Balaban J connectivity index is 2.16. The predicted molar refractivity (Wildman–Crippen MR) is 70.2 cm³/mol. The number of ether oxygens (including phenoxy) is 2. The molecular formula is C13H26N2O3. The molecule has 0 aromatic rings. The lowest BCUT2D eigenvalue weighted by Gasteiger charge is -2.24. The molecule has 2 atom stereocenters. The lowest BCUT2D eigenvalue weighted by molar-refractivity contribution is -0.124. The number of carbonyl (C=O) groups is 1. The van der Waals surface area contributed by atoms with Crippen LogP contribution in [0.3, 0.4) is 0 Å². The molecule has 0 aliphatic carbocycles. The summed E-state index contributed by atoms with van der Waals surface area (Å²) in [6, 6.07) is -0.0893. The van der Waals surface area contributed by atoms with Crippen LogP contribution in [0.25, 0.3) is 0 Å². The molecule has 1 rings (SSSR count). The Kier molecular flexibility index (Phi) is 6.05. The van der Waals surface area contributed by atoms with E-state index in [9.17, 15) is 4.79 Å². The van der Waals surface area contributed by atoms with Gasteiger partial charge in [-0.1, -0.05) is 20.8 Å². The first-order valence-corrected chi connectivity index (χ1v) is 6.58. The van der Waals surface area contributed by atoms with E-state index in [2.05, 4.69) is 26.1 Å². The van der Waals surface area contributed by atoms with Crippen molar-refractivity contribution in [3.8, 4) is 0 Å². The molecular weight excluding hydrogens is 232 g/mol. The van der Waals surface area contributed by atoms with Gasteiger partial charge in [0, 0.05) is 19.0 Å². The van der Waals surface area contributed by atoms with Crippen LogP contribution < -0.4 is 11.1 Å². The Morgan fingerprint density at radius 3 is 2.72 bits per heavy atom. The van der Waals surface area contributed by atoms with Gasteiger partial charge >= 0.3 is 0 Å². The number of amides is 1. The van der Waals surface area contributed by atoms with Crippen LogP contribution in [0.4, 0.5) is 0 Å². The molecule has 0 aromatic heterocycles. The van der Waals surface area contributed by atoms with E-state index in [1.54, 1.807) is 0 Å². The highest BCUT2D eigenvalue weighted by atomic mass is 16.6. The molecule has 5 nitrogen and oxygen atoms in total. The maximum atomic E-state index is 11.7. The van der Waals surface area contributed by atoms with Gasteiger partial charge in [-0.2, -0.15) is 0 Å². The molecule has 2 unspecified atom stereocenters. The summed E-state index contributed by atoms with van der Waals surface area (Å²) in [7, 11) is 0. The molecule has 5 heteroatoms. The molecule has 1 amide bonds. The first kappa shape index (κ1) is 15.4. The normalized spacial score (nSPS) is 22.6. The van der Waals surface area contributed by atoms with Crippen LogP contribution in [0.2, 0.25) is 0 Å². The van der Waals surface area contributed by atoms with Gasteiger partial charge in [-0.05, 0) is 11.8 Å². The fourth-order valence-corrected chi connectivity index (χ4v) is 2.05. The quantitative estimate of drug-likeness (QED) is 0.760. The lowest BCUT2D eigenvalue weighted by Crippen LogP contribution is -2.41. The van der Waals surface area contributed by atoms with Crippen molar-refractivity contribution in [2.75, 3.05) is 26.4 Å². The van der Waals surface area contributed by atoms with E-state index in [4.69, 9.17) is 15.2 Å². The van der Waals surface area contributed by atoms with Gasteiger partial charge in [-0.15, -0.1) is 0 Å². The van der Waals surface area contributed by atoms with Crippen LogP contribution >= 0.6 is 0 Å². The fourth-order valence-electron chi connectivity index (χ4n) is 2.05. The van der Waals surface area contributed by atoms with E-state index in [1.807, 2.05) is 0 Å². The third-order valence-electron chi connectivity index (χ3n) is 2.73. The van der Waals surface area contributed by atoms with Crippen molar-refractivity contribution in [2.24, 2.45) is 11.1 Å². The summed E-state index contributed by atoms with van der Waals surface area (Å²) < 4.78 is 10.7. The van der Waals surface area contributed by atoms with Gasteiger partial charge in [0.1, 0.15) is 0 Å².